The van der Waals surface area contributed by atoms with Crippen LogP contribution in [-0.2, 0) is 42.2 Å². The quantitative estimate of drug-likeness (QED) is 0.536. The van der Waals surface area contributed by atoms with Gasteiger partial charge in [0, 0.05) is 25.5 Å². The van der Waals surface area contributed by atoms with Gasteiger partial charge in [-0.25, -0.2) is 0 Å². The highest BCUT2D eigenvalue weighted by Crippen LogP contribution is 2.40. The third kappa shape index (κ3) is 4.03. The molecule has 1 aromatic heterocycles. The Morgan fingerprint density at radius 1 is 1.12 bits per heavy atom. The summed E-state index contributed by atoms with van der Waals surface area (Å²) in [4.78, 5) is 6.45. The number of anilines is 3. The standard InChI is InChI=1S/C23H26FN5OS2/c1-28(2)18-9-3-6-15(12-18)14-32(30)23-26-22(29(27-23)31-24)25-21-19-10-4-7-16(19)13-17-8-5-11-20(17)21/h3,6,9,12-13H,4-5,7-8,10-11,14H2,1-2H3,(H,25,26,27). The predicted molar refractivity (Wildman–Crippen MR) is 129 cm³/mol. The number of benzene rings is 2. The predicted octanol–water partition coefficient (Wildman–Crippen LogP) is 4.75. The van der Waals surface area contributed by atoms with Crippen molar-refractivity contribution in [1.82, 2.24) is 14.2 Å². The number of aryl methyl sites for hydroxylation is 2. The number of nitrogens with zero attached hydrogens (tertiary/aromatic N) is 4. The molecule has 1 unspecified atom stereocenters. The first kappa shape index (κ1) is 21.5. The molecule has 0 amide bonds. The number of hydrogen-bond donors (Lipinski definition) is 1. The maximum Gasteiger partial charge on any atom is 0.242 e. The minimum Gasteiger partial charge on any atom is -0.378 e. The second-order valence-electron chi connectivity index (χ2n) is 8.57. The van der Waals surface area contributed by atoms with E-state index in [9.17, 15) is 8.09 Å². The number of nitrogens with one attached hydrogen (secondary N) is 1. The van der Waals surface area contributed by atoms with Gasteiger partial charge in [0.1, 0.15) is 0 Å². The van der Waals surface area contributed by atoms with E-state index in [2.05, 4.69) is 21.5 Å². The van der Waals surface area contributed by atoms with Crippen molar-refractivity contribution in [2.24, 2.45) is 0 Å². The van der Waals surface area contributed by atoms with Crippen molar-refractivity contribution in [3.8, 4) is 0 Å². The first-order chi connectivity index (χ1) is 15.5. The van der Waals surface area contributed by atoms with Crippen LogP contribution < -0.4 is 10.2 Å². The smallest absolute Gasteiger partial charge is 0.242 e. The largest absolute Gasteiger partial charge is 0.378 e. The van der Waals surface area contributed by atoms with Crippen molar-refractivity contribution in [2.75, 3.05) is 24.3 Å². The molecule has 32 heavy (non-hydrogen) atoms. The molecule has 0 saturated carbocycles. The molecule has 3 aromatic rings. The van der Waals surface area contributed by atoms with E-state index in [1.807, 2.05) is 43.3 Å². The molecule has 6 nitrogen and oxygen atoms in total. The number of fused-ring (bicyclic) bond motifs is 2. The summed E-state index contributed by atoms with van der Waals surface area (Å²) in [5.41, 5.74) is 8.41. The molecule has 0 spiro atoms. The minimum atomic E-state index is -1.48. The van der Waals surface area contributed by atoms with E-state index in [4.69, 9.17) is 0 Å². The highest BCUT2D eigenvalue weighted by Gasteiger charge is 2.26. The van der Waals surface area contributed by atoms with Gasteiger partial charge in [0.15, 0.2) is 12.3 Å². The van der Waals surface area contributed by atoms with Crippen molar-refractivity contribution in [3.05, 3.63) is 58.1 Å². The monoisotopic (exact) mass is 471 g/mol. The molecule has 2 aliphatic rings. The van der Waals surface area contributed by atoms with Crippen LogP contribution in [0.1, 0.15) is 40.7 Å². The van der Waals surface area contributed by atoms with Crippen molar-refractivity contribution in [1.29, 1.82) is 0 Å². The topological polar surface area (TPSA) is 63.1 Å². The van der Waals surface area contributed by atoms with Crippen LogP contribution in [0.4, 0.5) is 21.2 Å². The fourth-order valence-electron chi connectivity index (χ4n) is 4.72. The Morgan fingerprint density at radius 2 is 1.84 bits per heavy atom. The molecule has 0 saturated heterocycles. The lowest BCUT2D eigenvalue weighted by Gasteiger charge is -2.16. The third-order valence-electron chi connectivity index (χ3n) is 6.26. The van der Waals surface area contributed by atoms with E-state index in [-0.39, 0.29) is 29.2 Å². The van der Waals surface area contributed by atoms with E-state index in [0.717, 1.165) is 59.6 Å². The third-order valence-corrected chi connectivity index (χ3v) is 7.82. The summed E-state index contributed by atoms with van der Waals surface area (Å²) < 4.78 is 27.8. The molecule has 2 aromatic carbocycles. The van der Waals surface area contributed by atoms with Gasteiger partial charge in [0.25, 0.3) is 0 Å². The highest BCUT2D eigenvalue weighted by molar-refractivity contribution is 7.92. The lowest BCUT2D eigenvalue weighted by atomic mass is 9.99. The molecular weight excluding hydrogens is 445 g/mol. The average molecular weight is 472 g/mol. The normalized spacial score (nSPS) is 15.5. The van der Waals surface area contributed by atoms with Crippen LogP contribution in [0.3, 0.4) is 0 Å². The van der Waals surface area contributed by atoms with Crippen LogP contribution >= 0.6 is 12.3 Å². The van der Waals surface area contributed by atoms with Gasteiger partial charge in [-0.3, -0.25) is 4.21 Å². The van der Waals surface area contributed by atoms with Gasteiger partial charge in [0.2, 0.25) is 11.1 Å². The zero-order chi connectivity index (χ0) is 22.2. The molecule has 1 N–H and O–H groups in total. The van der Waals surface area contributed by atoms with E-state index in [1.54, 1.807) is 0 Å². The highest BCUT2D eigenvalue weighted by atomic mass is 32.2. The number of aromatic nitrogens is 3. The van der Waals surface area contributed by atoms with Gasteiger partial charge >= 0.3 is 0 Å². The molecule has 168 valence electrons. The Kier molecular flexibility index (Phi) is 5.94. The van der Waals surface area contributed by atoms with Gasteiger partial charge in [-0.2, -0.15) is 4.98 Å². The Labute approximate surface area is 194 Å². The Hall–Kier alpha value is -2.39. The molecule has 0 aliphatic heterocycles. The van der Waals surface area contributed by atoms with Crippen molar-refractivity contribution in [2.45, 2.75) is 49.4 Å². The van der Waals surface area contributed by atoms with Crippen molar-refractivity contribution in [3.63, 3.8) is 0 Å². The van der Waals surface area contributed by atoms with Gasteiger partial charge in [-0.05, 0) is 78.5 Å². The van der Waals surface area contributed by atoms with Gasteiger partial charge in [-0.15, -0.1) is 13.1 Å². The molecule has 9 heteroatoms. The van der Waals surface area contributed by atoms with Crippen LogP contribution in [0.5, 0.6) is 0 Å². The van der Waals surface area contributed by atoms with Crippen molar-refractivity contribution < 1.29 is 8.09 Å². The molecule has 0 fully saturated rings. The van der Waals surface area contributed by atoms with E-state index in [1.165, 1.54) is 22.3 Å². The second kappa shape index (κ2) is 8.86. The molecular formula is C23H26FN5OS2. The summed E-state index contributed by atoms with van der Waals surface area (Å²) >= 11 is -0.0284. The minimum absolute atomic E-state index is 0.0284. The molecule has 1 heterocycles. The van der Waals surface area contributed by atoms with Crippen molar-refractivity contribution >= 4 is 40.5 Å². The average Bonchev–Trinajstić information content (AvgIpc) is 3.53. The summed E-state index contributed by atoms with van der Waals surface area (Å²) in [6.45, 7) is 0. The maximum atomic E-state index is 13.7. The lowest BCUT2D eigenvalue weighted by molar-refractivity contribution is 0.675. The van der Waals surface area contributed by atoms with Crippen LogP contribution in [0.2, 0.25) is 0 Å². The molecule has 0 bridgehead atoms. The zero-order valence-electron chi connectivity index (χ0n) is 18.2. The van der Waals surface area contributed by atoms with Crippen LogP contribution in [0.25, 0.3) is 0 Å². The molecule has 2 aliphatic carbocycles. The van der Waals surface area contributed by atoms with E-state index < -0.39 is 10.8 Å². The van der Waals surface area contributed by atoms with Gasteiger partial charge < -0.3 is 10.2 Å². The second-order valence-corrected chi connectivity index (χ2v) is 10.4. The molecule has 1 atom stereocenters. The molecule has 0 radical (unpaired) electrons. The first-order valence-electron chi connectivity index (χ1n) is 10.9. The zero-order valence-corrected chi connectivity index (χ0v) is 19.9. The van der Waals surface area contributed by atoms with Crippen LogP contribution in [-0.4, -0.2) is 32.5 Å². The van der Waals surface area contributed by atoms with Gasteiger partial charge in [0.05, 0.1) is 16.6 Å². The van der Waals surface area contributed by atoms with Crippen LogP contribution in [0, 0.1) is 0 Å². The molecule has 5 rings (SSSR count). The van der Waals surface area contributed by atoms with E-state index in [0.29, 0.717) is 0 Å². The lowest BCUT2D eigenvalue weighted by Crippen LogP contribution is -2.09. The summed E-state index contributed by atoms with van der Waals surface area (Å²) in [6, 6.07) is 10.2. The maximum absolute atomic E-state index is 13.7. The summed E-state index contributed by atoms with van der Waals surface area (Å²) in [5, 5.41) is 7.70. The van der Waals surface area contributed by atoms with Gasteiger partial charge in [-0.1, -0.05) is 18.2 Å². The number of hydrogen-bond acceptors (Lipinski definition) is 6. The first-order valence-corrected chi connectivity index (χ1v) is 12.9. The SMILES string of the molecule is CN(C)c1cccc(CS(=O)c2nc(Nc3c4c(cc5c3CCC5)CCC4)n(SF)n2)c1. The fraction of sp³-hybridized carbons (Fsp3) is 0.391. The number of rotatable bonds is 7. The van der Waals surface area contributed by atoms with E-state index >= 15 is 0 Å². The fourth-order valence-corrected chi connectivity index (χ4v) is 6.00. The Morgan fingerprint density at radius 3 is 2.50 bits per heavy atom. The summed E-state index contributed by atoms with van der Waals surface area (Å²) in [6.07, 6.45) is 6.48. The summed E-state index contributed by atoms with van der Waals surface area (Å²) in [5.74, 6) is 0.565. The van der Waals surface area contributed by atoms with Crippen LogP contribution in [0.15, 0.2) is 35.5 Å². The Balaban J connectivity index is 1.43. The summed E-state index contributed by atoms with van der Waals surface area (Å²) in [7, 11) is 2.45. The Bertz CT molecular complexity index is 1160. The number of halogens is 1.